The maximum atomic E-state index is 9.21. The van der Waals surface area contributed by atoms with Gasteiger partial charge in [-0.2, -0.15) is 0 Å². The summed E-state index contributed by atoms with van der Waals surface area (Å²) in [5, 5.41) is 10.1. The number of aliphatic hydroxyl groups excluding tert-OH is 1. The molecule has 1 aromatic rings. The van der Waals surface area contributed by atoms with Gasteiger partial charge in [-0.15, -0.1) is 0 Å². The summed E-state index contributed by atoms with van der Waals surface area (Å²) < 4.78 is 0. The molecule has 1 atom stereocenters. The Hall–Kier alpha value is -0.570. The molecule has 94 valence electrons. The number of halogens is 1. The molecular weight excluding hydrogens is 234 g/mol. The first-order valence-electron chi connectivity index (χ1n) is 6.27. The van der Waals surface area contributed by atoms with Crippen LogP contribution in [-0.4, -0.2) is 29.7 Å². The summed E-state index contributed by atoms with van der Waals surface area (Å²) in [4.78, 5) is 2.39. The molecule has 1 heterocycles. The molecule has 0 aromatic heterocycles. The minimum Gasteiger partial charge on any atom is -0.396 e. The summed E-state index contributed by atoms with van der Waals surface area (Å²) in [6, 6.07) is 6.24. The van der Waals surface area contributed by atoms with Crippen molar-refractivity contribution in [3.05, 3.63) is 34.3 Å². The van der Waals surface area contributed by atoms with Gasteiger partial charge in [0.25, 0.3) is 0 Å². The Morgan fingerprint density at radius 2 is 2.29 bits per heavy atom. The second kappa shape index (κ2) is 5.85. The highest BCUT2D eigenvalue weighted by Gasteiger charge is 2.19. The molecule has 2 rings (SSSR count). The number of aliphatic hydroxyl groups is 1. The summed E-state index contributed by atoms with van der Waals surface area (Å²) in [6.07, 6.45) is 2.32. The molecule has 0 bridgehead atoms. The third-order valence-corrected chi connectivity index (χ3v) is 3.82. The minimum absolute atomic E-state index is 0.304. The first kappa shape index (κ1) is 12.9. The van der Waals surface area contributed by atoms with Gasteiger partial charge in [-0.1, -0.05) is 23.7 Å². The number of benzene rings is 1. The maximum absolute atomic E-state index is 9.21. The van der Waals surface area contributed by atoms with Crippen molar-refractivity contribution in [2.75, 3.05) is 19.7 Å². The molecule has 0 radical (unpaired) electrons. The lowest BCUT2D eigenvalue weighted by molar-refractivity contribution is 0.116. The standard InChI is InChI=1S/C14H20ClNO/c1-11-4-5-13(14(15)7-11)9-16-6-2-3-12(8-16)10-17/h4-5,7,12,17H,2-3,6,8-10H2,1H3/t12-/m0/s1. The summed E-state index contributed by atoms with van der Waals surface area (Å²) in [6.45, 7) is 5.35. The zero-order valence-corrected chi connectivity index (χ0v) is 11.1. The van der Waals surface area contributed by atoms with E-state index < -0.39 is 0 Å². The Balaban J connectivity index is 2.00. The van der Waals surface area contributed by atoms with Crippen molar-refractivity contribution < 1.29 is 5.11 Å². The highest BCUT2D eigenvalue weighted by Crippen LogP contribution is 2.22. The Bertz CT molecular complexity index is 380. The van der Waals surface area contributed by atoms with Crippen LogP contribution in [0.3, 0.4) is 0 Å². The summed E-state index contributed by atoms with van der Waals surface area (Å²) >= 11 is 6.24. The molecule has 0 amide bonds. The SMILES string of the molecule is Cc1ccc(CN2CCC[C@H](CO)C2)c(Cl)c1. The molecule has 1 saturated heterocycles. The molecule has 1 aliphatic heterocycles. The van der Waals surface area contributed by atoms with E-state index in [1.54, 1.807) is 0 Å². The maximum Gasteiger partial charge on any atom is 0.0471 e. The second-order valence-electron chi connectivity index (χ2n) is 5.02. The lowest BCUT2D eigenvalue weighted by Gasteiger charge is -2.32. The lowest BCUT2D eigenvalue weighted by atomic mass is 9.98. The molecule has 1 aromatic carbocycles. The zero-order chi connectivity index (χ0) is 12.3. The van der Waals surface area contributed by atoms with Crippen molar-refractivity contribution in [3.63, 3.8) is 0 Å². The van der Waals surface area contributed by atoms with E-state index in [0.29, 0.717) is 12.5 Å². The first-order chi connectivity index (χ1) is 8.19. The van der Waals surface area contributed by atoms with Crippen molar-refractivity contribution >= 4 is 11.6 Å². The van der Waals surface area contributed by atoms with Crippen molar-refractivity contribution in [1.29, 1.82) is 0 Å². The fraction of sp³-hybridized carbons (Fsp3) is 0.571. The fourth-order valence-corrected chi connectivity index (χ4v) is 2.76. The molecule has 0 unspecified atom stereocenters. The highest BCUT2D eigenvalue weighted by molar-refractivity contribution is 6.31. The van der Waals surface area contributed by atoms with E-state index in [4.69, 9.17) is 11.6 Å². The van der Waals surface area contributed by atoms with Crippen LogP contribution in [0.4, 0.5) is 0 Å². The number of aryl methyl sites for hydroxylation is 1. The van der Waals surface area contributed by atoms with Gasteiger partial charge in [-0.25, -0.2) is 0 Å². The van der Waals surface area contributed by atoms with E-state index in [2.05, 4.69) is 24.0 Å². The van der Waals surface area contributed by atoms with Crippen LogP contribution >= 0.6 is 11.6 Å². The number of hydrogen-bond acceptors (Lipinski definition) is 2. The number of nitrogens with zero attached hydrogens (tertiary/aromatic N) is 1. The van der Waals surface area contributed by atoms with Crippen molar-refractivity contribution in [2.45, 2.75) is 26.3 Å². The number of likely N-dealkylation sites (tertiary alicyclic amines) is 1. The van der Waals surface area contributed by atoms with E-state index in [0.717, 1.165) is 31.1 Å². The Morgan fingerprint density at radius 1 is 1.47 bits per heavy atom. The van der Waals surface area contributed by atoms with E-state index in [1.807, 2.05) is 6.07 Å². The van der Waals surface area contributed by atoms with Crippen LogP contribution in [0, 0.1) is 12.8 Å². The Morgan fingerprint density at radius 3 is 3.00 bits per heavy atom. The average molecular weight is 254 g/mol. The quantitative estimate of drug-likeness (QED) is 0.896. The van der Waals surface area contributed by atoms with Gasteiger partial charge in [0.1, 0.15) is 0 Å². The summed E-state index contributed by atoms with van der Waals surface area (Å²) in [7, 11) is 0. The molecule has 0 spiro atoms. The van der Waals surface area contributed by atoms with E-state index in [9.17, 15) is 5.11 Å². The van der Waals surface area contributed by atoms with Crippen LogP contribution in [0.1, 0.15) is 24.0 Å². The van der Waals surface area contributed by atoms with Crippen LogP contribution in [-0.2, 0) is 6.54 Å². The van der Waals surface area contributed by atoms with Crippen LogP contribution in [0.5, 0.6) is 0 Å². The van der Waals surface area contributed by atoms with Gasteiger partial charge in [0.05, 0.1) is 0 Å². The lowest BCUT2D eigenvalue weighted by Crippen LogP contribution is -2.36. The number of hydrogen-bond donors (Lipinski definition) is 1. The number of rotatable bonds is 3. The van der Waals surface area contributed by atoms with Gasteiger partial charge in [0.15, 0.2) is 0 Å². The minimum atomic E-state index is 0.304. The van der Waals surface area contributed by atoms with Gasteiger partial charge in [-0.3, -0.25) is 4.90 Å². The fourth-order valence-electron chi connectivity index (χ4n) is 2.47. The third kappa shape index (κ3) is 3.44. The predicted octanol–water partition coefficient (Wildman–Crippen LogP) is 2.85. The largest absolute Gasteiger partial charge is 0.396 e. The van der Waals surface area contributed by atoms with Gasteiger partial charge in [0, 0.05) is 24.7 Å². The highest BCUT2D eigenvalue weighted by atomic mass is 35.5. The topological polar surface area (TPSA) is 23.5 Å². The van der Waals surface area contributed by atoms with Crippen LogP contribution in [0.25, 0.3) is 0 Å². The normalized spacial score (nSPS) is 21.7. The van der Waals surface area contributed by atoms with Gasteiger partial charge >= 0.3 is 0 Å². The first-order valence-corrected chi connectivity index (χ1v) is 6.65. The monoisotopic (exact) mass is 253 g/mol. The molecule has 1 aliphatic rings. The molecule has 0 aliphatic carbocycles. The van der Waals surface area contributed by atoms with E-state index in [1.165, 1.54) is 17.5 Å². The van der Waals surface area contributed by atoms with Crippen LogP contribution < -0.4 is 0 Å². The smallest absolute Gasteiger partial charge is 0.0471 e. The number of piperidine rings is 1. The van der Waals surface area contributed by atoms with E-state index >= 15 is 0 Å². The van der Waals surface area contributed by atoms with Crippen LogP contribution in [0.15, 0.2) is 18.2 Å². The van der Waals surface area contributed by atoms with Crippen LogP contribution in [0.2, 0.25) is 5.02 Å². The molecule has 3 heteroatoms. The Kier molecular flexibility index (Phi) is 4.43. The molecule has 0 saturated carbocycles. The van der Waals surface area contributed by atoms with Gasteiger partial charge in [-0.05, 0) is 49.4 Å². The molecule has 1 N–H and O–H groups in total. The van der Waals surface area contributed by atoms with Gasteiger partial charge in [0.2, 0.25) is 0 Å². The Labute approximate surface area is 108 Å². The van der Waals surface area contributed by atoms with Gasteiger partial charge < -0.3 is 5.11 Å². The second-order valence-corrected chi connectivity index (χ2v) is 5.43. The summed E-state index contributed by atoms with van der Waals surface area (Å²) in [5.41, 5.74) is 2.39. The van der Waals surface area contributed by atoms with Crippen molar-refractivity contribution in [3.8, 4) is 0 Å². The molecule has 17 heavy (non-hydrogen) atoms. The molecule has 1 fully saturated rings. The zero-order valence-electron chi connectivity index (χ0n) is 10.3. The predicted molar refractivity (Wildman–Crippen MR) is 71.3 cm³/mol. The molecular formula is C14H20ClNO. The van der Waals surface area contributed by atoms with Crippen molar-refractivity contribution in [2.24, 2.45) is 5.92 Å². The van der Waals surface area contributed by atoms with Crippen molar-refractivity contribution in [1.82, 2.24) is 4.90 Å². The van der Waals surface area contributed by atoms with E-state index in [-0.39, 0.29) is 0 Å². The summed E-state index contributed by atoms with van der Waals surface area (Å²) in [5.74, 6) is 0.438. The third-order valence-electron chi connectivity index (χ3n) is 3.46. The molecule has 2 nitrogen and oxygen atoms in total. The average Bonchev–Trinajstić information content (AvgIpc) is 2.33.